The molecule has 20 heavy (non-hydrogen) atoms. The molecule has 4 N–H and O–H groups in total. The third-order valence-electron chi connectivity index (χ3n) is 4.36. The number of aromatic amines is 1. The number of carbonyl (C=O) groups is 1. The highest BCUT2D eigenvalue weighted by Crippen LogP contribution is 2.34. The van der Waals surface area contributed by atoms with E-state index in [4.69, 9.17) is 10.5 Å². The Morgan fingerprint density at radius 3 is 3.00 bits per heavy atom. The number of nitrogens with two attached hydrogens (primary N) is 1. The van der Waals surface area contributed by atoms with E-state index >= 15 is 0 Å². The predicted octanol–water partition coefficient (Wildman–Crippen LogP) is 1.80. The second kappa shape index (κ2) is 4.24. The number of anilines is 1. The normalized spacial score (nSPS) is 28.1. The molecule has 5 nitrogen and oxygen atoms in total. The molecule has 2 bridgehead atoms. The van der Waals surface area contributed by atoms with Crippen molar-refractivity contribution in [1.29, 1.82) is 0 Å². The molecule has 4 rings (SSSR count). The maximum absolute atomic E-state index is 12.3. The van der Waals surface area contributed by atoms with Crippen LogP contribution in [0.4, 0.5) is 5.69 Å². The summed E-state index contributed by atoms with van der Waals surface area (Å²) in [5.74, 6) is -0.0817. The summed E-state index contributed by atoms with van der Waals surface area (Å²) < 4.78 is 5.75. The number of aromatic nitrogens is 1. The number of benzene rings is 1. The van der Waals surface area contributed by atoms with Gasteiger partial charge in [0, 0.05) is 5.39 Å². The molecule has 1 amide bonds. The average Bonchev–Trinajstić information content (AvgIpc) is 3.12. The monoisotopic (exact) mass is 271 g/mol. The Morgan fingerprint density at radius 1 is 1.40 bits per heavy atom. The van der Waals surface area contributed by atoms with Gasteiger partial charge in [0.15, 0.2) is 0 Å². The van der Waals surface area contributed by atoms with Gasteiger partial charge in [-0.1, -0.05) is 12.1 Å². The number of nitrogens with one attached hydrogen (secondary N) is 2. The fourth-order valence-electron chi connectivity index (χ4n) is 3.34. The molecule has 0 saturated carbocycles. The summed E-state index contributed by atoms with van der Waals surface area (Å²) >= 11 is 0. The summed E-state index contributed by atoms with van der Waals surface area (Å²) in [5, 5.41) is 4.03. The minimum absolute atomic E-state index is 0.0817. The molecule has 1 aromatic heterocycles. The summed E-state index contributed by atoms with van der Waals surface area (Å²) in [6.07, 6.45) is 3.63. The summed E-state index contributed by atoms with van der Waals surface area (Å²) in [4.78, 5) is 15.4. The Bertz CT molecular complexity index is 679. The van der Waals surface area contributed by atoms with Crippen LogP contribution < -0.4 is 11.1 Å². The third kappa shape index (κ3) is 1.78. The summed E-state index contributed by atoms with van der Waals surface area (Å²) in [6, 6.07) is 7.64. The SMILES string of the molecule is Nc1cccc2cc(C(=O)NC3CC4CCC3O4)[nH]c12. The number of amides is 1. The molecule has 0 radical (unpaired) electrons. The van der Waals surface area contributed by atoms with Gasteiger partial charge in [-0.2, -0.15) is 0 Å². The Balaban J connectivity index is 1.56. The van der Waals surface area contributed by atoms with Crippen LogP contribution in [0.2, 0.25) is 0 Å². The molecule has 2 saturated heterocycles. The van der Waals surface area contributed by atoms with Crippen molar-refractivity contribution in [3.63, 3.8) is 0 Å². The van der Waals surface area contributed by atoms with Crippen molar-refractivity contribution < 1.29 is 9.53 Å². The van der Waals surface area contributed by atoms with Crippen molar-refractivity contribution in [3.8, 4) is 0 Å². The second-order valence-corrected chi connectivity index (χ2v) is 5.68. The molecule has 104 valence electrons. The van der Waals surface area contributed by atoms with Crippen LogP contribution in [-0.2, 0) is 4.74 Å². The third-order valence-corrected chi connectivity index (χ3v) is 4.36. The molecule has 3 atom stereocenters. The van der Waals surface area contributed by atoms with Gasteiger partial charge in [-0.25, -0.2) is 0 Å². The van der Waals surface area contributed by atoms with Crippen LogP contribution in [0.5, 0.6) is 0 Å². The van der Waals surface area contributed by atoms with E-state index in [0.717, 1.165) is 30.2 Å². The standard InChI is InChI=1S/C15H17N3O2/c16-10-3-1-2-8-6-12(17-14(8)10)15(19)18-11-7-9-4-5-13(11)20-9/h1-3,6,9,11,13,17H,4-5,7,16H2,(H,18,19). The Morgan fingerprint density at radius 2 is 2.30 bits per heavy atom. The largest absolute Gasteiger partial charge is 0.397 e. The summed E-state index contributed by atoms with van der Waals surface area (Å²) in [7, 11) is 0. The van der Waals surface area contributed by atoms with E-state index in [1.165, 1.54) is 0 Å². The number of rotatable bonds is 2. The van der Waals surface area contributed by atoms with E-state index in [1.807, 2.05) is 24.3 Å². The molecule has 2 aliphatic heterocycles. The molecular weight excluding hydrogens is 254 g/mol. The lowest BCUT2D eigenvalue weighted by atomic mass is 9.95. The first-order valence-electron chi connectivity index (χ1n) is 7.04. The molecule has 1 aromatic carbocycles. The first-order chi connectivity index (χ1) is 9.70. The predicted molar refractivity (Wildman–Crippen MR) is 76.5 cm³/mol. The molecule has 3 heterocycles. The van der Waals surface area contributed by atoms with Gasteiger partial charge >= 0.3 is 0 Å². The molecule has 2 aromatic rings. The number of hydrogen-bond acceptors (Lipinski definition) is 3. The van der Waals surface area contributed by atoms with E-state index in [9.17, 15) is 4.79 Å². The summed E-state index contributed by atoms with van der Waals surface area (Å²) in [5.41, 5.74) is 7.93. The van der Waals surface area contributed by atoms with Crippen LogP contribution in [-0.4, -0.2) is 29.1 Å². The number of carbonyl (C=O) groups excluding carboxylic acids is 1. The number of fused-ring (bicyclic) bond motifs is 3. The van der Waals surface area contributed by atoms with Crippen LogP contribution in [0.15, 0.2) is 24.3 Å². The minimum Gasteiger partial charge on any atom is -0.397 e. The van der Waals surface area contributed by atoms with Gasteiger partial charge in [0.25, 0.3) is 5.91 Å². The number of para-hydroxylation sites is 1. The quantitative estimate of drug-likeness (QED) is 0.729. The van der Waals surface area contributed by atoms with Gasteiger partial charge in [-0.15, -0.1) is 0 Å². The van der Waals surface area contributed by atoms with Crippen molar-refractivity contribution in [2.45, 2.75) is 37.5 Å². The Labute approximate surface area is 116 Å². The smallest absolute Gasteiger partial charge is 0.268 e. The fraction of sp³-hybridized carbons (Fsp3) is 0.400. The van der Waals surface area contributed by atoms with Crippen molar-refractivity contribution in [3.05, 3.63) is 30.0 Å². The topological polar surface area (TPSA) is 80.1 Å². The van der Waals surface area contributed by atoms with E-state index in [0.29, 0.717) is 17.5 Å². The first kappa shape index (κ1) is 11.8. The van der Waals surface area contributed by atoms with Gasteiger partial charge in [0.1, 0.15) is 5.69 Å². The molecule has 2 aliphatic rings. The highest BCUT2D eigenvalue weighted by molar-refractivity contribution is 6.00. The Hall–Kier alpha value is -2.01. The zero-order valence-electron chi connectivity index (χ0n) is 11.1. The van der Waals surface area contributed by atoms with Gasteiger partial charge in [-0.05, 0) is 31.4 Å². The van der Waals surface area contributed by atoms with Crippen molar-refractivity contribution in [2.75, 3.05) is 5.73 Å². The molecule has 3 unspecified atom stereocenters. The maximum atomic E-state index is 12.3. The van der Waals surface area contributed by atoms with Gasteiger partial charge < -0.3 is 20.8 Å². The number of H-pyrrole nitrogens is 1. The minimum atomic E-state index is -0.0817. The van der Waals surface area contributed by atoms with E-state index in [2.05, 4.69) is 10.3 Å². The van der Waals surface area contributed by atoms with Crippen LogP contribution in [0, 0.1) is 0 Å². The van der Waals surface area contributed by atoms with Gasteiger partial charge in [0.2, 0.25) is 0 Å². The van der Waals surface area contributed by atoms with E-state index < -0.39 is 0 Å². The lowest BCUT2D eigenvalue weighted by molar-refractivity contribution is 0.0838. The molecule has 2 fully saturated rings. The fourth-order valence-corrected chi connectivity index (χ4v) is 3.34. The van der Waals surface area contributed by atoms with E-state index in [1.54, 1.807) is 0 Å². The van der Waals surface area contributed by atoms with Crippen LogP contribution in [0.25, 0.3) is 10.9 Å². The average molecular weight is 271 g/mol. The van der Waals surface area contributed by atoms with Gasteiger partial charge in [-0.3, -0.25) is 4.79 Å². The van der Waals surface area contributed by atoms with Crippen LogP contribution >= 0.6 is 0 Å². The summed E-state index contributed by atoms with van der Waals surface area (Å²) in [6.45, 7) is 0. The molecule has 0 aliphatic carbocycles. The highest BCUT2D eigenvalue weighted by atomic mass is 16.5. The number of ether oxygens (including phenoxy) is 1. The zero-order valence-corrected chi connectivity index (χ0v) is 11.1. The van der Waals surface area contributed by atoms with Crippen LogP contribution in [0.3, 0.4) is 0 Å². The molecule has 5 heteroatoms. The lowest BCUT2D eigenvalue weighted by Crippen LogP contribution is -2.41. The highest BCUT2D eigenvalue weighted by Gasteiger charge is 2.41. The molecular formula is C15H17N3O2. The molecule has 0 spiro atoms. The van der Waals surface area contributed by atoms with Crippen molar-refractivity contribution in [1.82, 2.24) is 10.3 Å². The van der Waals surface area contributed by atoms with Crippen molar-refractivity contribution in [2.24, 2.45) is 0 Å². The first-order valence-corrected chi connectivity index (χ1v) is 7.04. The van der Waals surface area contributed by atoms with E-state index in [-0.39, 0.29) is 18.1 Å². The number of hydrogen-bond donors (Lipinski definition) is 3. The zero-order chi connectivity index (χ0) is 13.7. The Kier molecular flexibility index (Phi) is 2.50. The van der Waals surface area contributed by atoms with Gasteiger partial charge in [0.05, 0.1) is 29.5 Å². The number of nitrogen functional groups attached to an aromatic ring is 1. The second-order valence-electron chi connectivity index (χ2n) is 5.68. The maximum Gasteiger partial charge on any atom is 0.268 e. The van der Waals surface area contributed by atoms with Crippen LogP contribution in [0.1, 0.15) is 29.8 Å². The lowest BCUT2D eigenvalue weighted by Gasteiger charge is -2.19. The van der Waals surface area contributed by atoms with Crippen molar-refractivity contribution >= 4 is 22.5 Å².